The van der Waals surface area contributed by atoms with E-state index in [1.165, 1.54) is 12.4 Å². The third kappa shape index (κ3) is 2.55. The summed E-state index contributed by atoms with van der Waals surface area (Å²) in [5, 5.41) is 2.87. The molecular weight excluding hydrogens is 206 g/mol. The number of carbonyl (C=O) groups is 1. The first-order valence-electron chi connectivity index (χ1n) is 5.46. The van der Waals surface area contributed by atoms with E-state index in [1.54, 1.807) is 6.20 Å². The maximum atomic E-state index is 11.7. The number of ether oxygens (including phenoxy) is 1. The van der Waals surface area contributed by atoms with Crippen molar-refractivity contribution >= 4 is 5.91 Å². The highest BCUT2D eigenvalue weighted by Gasteiger charge is 2.24. The maximum absolute atomic E-state index is 11.7. The Bertz CT molecular complexity index is 350. The molecule has 2 rings (SSSR count). The van der Waals surface area contributed by atoms with Gasteiger partial charge in [0.2, 0.25) is 0 Å². The molecule has 0 bridgehead atoms. The van der Waals surface area contributed by atoms with Crippen LogP contribution in [0.4, 0.5) is 0 Å². The molecule has 16 heavy (non-hydrogen) atoms. The van der Waals surface area contributed by atoms with Crippen molar-refractivity contribution in [2.24, 2.45) is 0 Å². The summed E-state index contributed by atoms with van der Waals surface area (Å²) in [4.78, 5) is 19.5. The second-order valence-electron chi connectivity index (χ2n) is 3.90. The Labute approximate surface area is 94.2 Å². The van der Waals surface area contributed by atoms with Gasteiger partial charge in [0.25, 0.3) is 5.91 Å². The van der Waals surface area contributed by atoms with Gasteiger partial charge in [0.1, 0.15) is 5.69 Å². The fourth-order valence-corrected chi connectivity index (χ4v) is 1.79. The van der Waals surface area contributed by atoms with Gasteiger partial charge in [-0.25, -0.2) is 4.98 Å². The number of amides is 1. The second-order valence-corrected chi connectivity index (χ2v) is 3.90. The van der Waals surface area contributed by atoms with Gasteiger partial charge < -0.3 is 10.1 Å². The molecule has 2 heterocycles. The Morgan fingerprint density at radius 3 is 3.12 bits per heavy atom. The molecule has 0 aliphatic carbocycles. The highest BCUT2D eigenvalue weighted by atomic mass is 16.5. The van der Waals surface area contributed by atoms with Crippen molar-refractivity contribution in [3.63, 3.8) is 0 Å². The van der Waals surface area contributed by atoms with Gasteiger partial charge in [0, 0.05) is 19.0 Å². The van der Waals surface area contributed by atoms with Crippen LogP contribution in [0, 0.1) is 0 Å². The predicted molar refractivity (Wildman–Crippen MR) is 57.9 cm³/mol. The Kier molecular flexibility index (Phi) is 3.46. The number of hydrogen-bond acceptors (Lipinski definition) is 4. The van der Waals surface area contributed by atoms with Crippen LogP contribution in [0.5, 0.6) is 0 Å². The van der Waals surface area contributed by atoms with Crippen LogP contribution in [0.25, 0.3) is 0 Å². The van der Waals surface area contributed by atoms with Gasteiger partial charge in [-0.3, -0.25) is 9.78 Å². The van der Waals surface area contributed by atoms with Crippen LogP contribution in [0.1, 0.15) is 30.3 Å². The highest BCUT2D eigenvalue weighted by molar-refractivity contribution is 5.92. The molecule has 2 atom stereocenters. The zero-order chi connectivity index (χ0) is 11.4. The summed E-state index contributed by atoms with van der Waals surface area (Å²) in [6, 6.07) is 0.0111. The molecule has 0 saturated carbocycles. The van der Waals surface area contributed by atoms with Crippen molar-refractivity contribution in [3.05, 3.63) is 24.3 Å². The van der Waals surface area contributed by atoms with Crippen molar-refractivity contribution in [2.75, 3.05) is 6.61 Å². The summed E-state index contributed by atoms with van der Waals surface area (Å²) in [6.45, 7) is 2.74. The van der Waals surface area contributed by atoms with Crippen molar-refractivity contribution in [2.45, 2.75) is 31.9 Å². The zero-order valence-corrected chi connectivity index (χ0v) is 9.22. The largest absolute Gasteiger partial charge is 0.376 e. The number of rotatable bonds is 3. The van der Waals surface area contributed by atoms with Crippen molar-refractivity contribution in [1.29, 1.82) is 0 Å². The molecule has 0 radical (unpaired) electrons. The molecule has 86 valence electrons. The maximum Gasteiger partial charge on any atom is 0.271 e. The van der Waals surface area contributed by atoms with Crippen LogP contribution in [0.2, 0.25) is 0 Å². The third-order valence-electron chi connectivity index (χ3n) is 2.68. The van der Waals surface area contributed by atoms with Gasteiger partial charge in [-0.2, -0.15) is 0 Å². The first kappa shape index (κ1) is 11.0. The second kappa shape index (κ2) is 5.03. The van der Waals surface area contributed by atoms with Crippen LogP contribution in [-0.4, -0.2) is 34.6 Å². The van der Waals surface area contributed by atoms with E-state index < -0.39 is 0 Å². The molecule has 1 aromatic rings. The summed E-state index contributed by atoms with van der Waals surface area (Å²) in [7, 11) is 0. The summed E-state index contributed by atoms with van der Waals surface area (Å²) in [6.07, 6.45) is 6.70. The Hall–Kier alpha value is -1.49. The molecule has 2 unspecified atom stereocenters. The molecule has 1 fully saturated rings. The van der Waals surface area contributed by atoms with Gasteiger partial charge in [-0.1, -0.05) is 0 Å². The van der Waals surface area contributed by atoms with Crippen molar-refractivity contribution in [1.82, 2.24) is 15.3 Å². The molecule has 0 aromatic carbocycles. The molecule has 5 heteroatoms. The van der Waals surface area contributed by atoms with E-state index >= 15 is 0 Å². The Morgan fingerprint density at radius 1 is 1.62 bits per heavy atom. The number of aromatic nitrogens is 2. The molecule has 1 amide bonds. The van der Waals surface area contributed by atoms with Crippen molar-refractivity contribution < 1.29 is 9.53 Å². The summed E-state index contributed by atoms with van der Waals surface area (Å²) in [5.74, 6) is -0.198. The lowest BCUT2D eigenvalue weighted by molar-refractivity contribution is 0.0709. The van der Waals surface area contributed by atoms with E-state index in [-0.39, 0.29) is 18.1 Å². The average Bonchev–Trinajstić information content (AvgIpc) is 2.83. The monoisotopic (exact) mass is 221 g/mol. The van der Waals surface area contributed by atoms with E-state index in [4.69, 9.17) is 4.74 Å². The fraction of sp³-hybridized carbons (Fsp3) is 0.545. The Morgan fingerprint density at radius 2 is 2.50 bits per heavy atom. The van der Waals surface area contributed by atoms with Crippen molar-refractivity contribution in [3.8, 4) is 0 Å². The lowest BCUT2D eigenvalue weighted by Crippen LogP contribution is -2.41. The molecule has 1 aromatic heterocycles. The van der Waals surface area contributed by atoms with Gasteiger partial charge in [0.15, 0.2) is 0 Å². The minimum atomic E-state index is -0.198. The number of carbonyl (C=O) groups excluding carboxylic acids is 1. The SMILES string of the molecule is CC(NC(=O)c1cnccn1)C1CCCO1. The lowest BCUT2D eigenvalue weighted by atomic mass is 10.1. The molecule has 1 aliphatic heterocycles. The zero-order valence-electron chi connectivity index (χ0n) is 9.22. The standard InChI is InChI=1S/C11H15N3O2/c1-8(10-3-2-6-16-10)14-11(15)9-7-12-4-5-13-9/h4-5,7-8,10H,2-3,6H2,1H3,(H,14,15). The molecule has 1 N–H and O–H groups in total. The quantitative estimate of drug-likeness (QED) is 0.819. The first-order chi connectivity index (χ1) is 7.77. The van der Waals surface area contributed by atoms with E-state index in [1.807, 2.05) is 6.92 Å². The summed E-state index contributed by atoms with van der Waals surface area (Å²) < 4.78 is 5.50. The molecule has 5 nitrogen and oxygen atoms in total. The van der Waals surface area contributed by atoms with Crippen LogP contribution < -0.4 is 5.32 Å². The Balaban J connectivity index is 1.92. The van der Waals surface area contributed by atoms with Gasteiger partial charge in [-0.05, 0) is 19.8 Å². The third-order valence-corrected chi connectivity index (χ3v) is 2.68. The number of nitrogens with one attached hydrogen (secondary N) is 1. The van der Waals surface area contributed by atoms with Gasteiger partial charge in [0.05, 0.1) is 18.3 Å². The normalized spacial score (nSPS) is 21.7. The average molecular weight is 221 g/mol. The van der Waals surface area contributed by atoms with Crippen LogP contribution in [0.3, 0.4) is 0 Å². The lowest BCUT2D eigenvalue weighted by Gasteiger charge is -2.19. The predicted octanol–water partition coefficient (Wildman–Crippen LogP) is 0.774. The minimum absolute atomic E-state index is 0.0111. The molecular formula is C11H15N3O2. The molecule has 0 spiro atoms. The van der Waals surface area contributed by atoms with Gasteiger partial charge >= 0.3 is 0 Å². The smallest absolute Gasteiger partial charge is 0.271 e. The van der Waals surface area contributed by atoms with Crippen LogP contribution >= 0.6 is 0 Å². The van der Waals surface area contributed by atoms with Crippen LogP contribution in [0.15, 0.2) is 18.6 Å². The minimum Gasteiger partial charge on any atom is -0.376 e. The number of nitrogens with zero attached hydrogens (tertiary/aromatic N) is 2. The fourth-order valence-electron chi connectivity index (χ4n) is 1.79. The molecule has 1 saturated heterocycles. The topological polar surface area (TPSA) is 64.1 Å². The number of hydrogen-bond donors (Lipinski definition) is 1. The van der Waals surface area contributed by atoms with E-state index in [0.717, 1.165) is 19.4 Å². The van der Waals surface area contributed by atoms with E-state index in [2.05, 4.69) is 15.3 Å². The van der Waals surface area contributed by atoms with Crippen LogP contribution in [-0.2, 0) is 4.74 Å². The van der Waals surface area contributed by atoms with Gasteiger partial charge in [-0.15, -0.1) is 0 Å². The first-order valence-corrected chi connectivity index (χ1v) is 5.46. The van der Waals surface area contributed by atoms with E-state index in [0.29, 0.717) is 5.69 Å². The summed E-state index contributed by atoms with van der Waals surface area (Å²) >= 11 is 0. The highest BCUT2D eigenvalue weighted by Crippen LogP contribution is 2.15. The van der Waals surface area contributed by atoms with E-state index in [9.17, 15) is 4.79 Å². The summed E-state index contributed by atoms with van der Waals surface area (Å²) in [5.41, 5.74) is 0.340. The molecule has 1 aliphatic rings.